The van der Waals surface area contributed by atoms with Crippen molar-refractivity contribution in [2.24, 2.45) is 0 Å². The maximum atomic E-state index is 11.1. The number of hydrogen-bond acceptors (Lipinski definition) is 6. The number of rotatable bonds is 8. The predicted octanol–water partition coefficient (Wildman–Crippen LogP) is 1.30. The van der Waals surface area contributed by atoms with E-state index in [0.717, 1.165) is 30.3 Å². The summed E-state index contributed by atoms with van der Waals surface area (Å²) in [5, 5.41) is 5.01. The van der Waals surface area contributed by atoms with Crippen LogP contribution >= 0.6 is 0 Å². The largest absolute Gasteiger partial charge is 0.361 e. The van der Waals surface area contributed by atoms with E-state index in [1.165, 1.54) is 10.9 Å². The van der Waals surface area contributed by atoms with Crippen LogP contribution < -0.4 is 4.72 Å². The third-order valence-corrected chi connectivity index (χ3v) is 4.69. The highest BCUT2D eigenvalue weighted by Gasteiger charge is 2.11. The van der Waals surface area contributed by atoms with Gasteiger partial charge in [-0.3, -0.25) is 0 Å². The third kappa shape index (κ3) is 4.90. The molecule has 0 amide bonds. The molecule has 3 aromatic rings. The van der Waals surface area contributed by atoms with Gasteiger partial charge in [0.05, 0.1) is 19.2 Å². The summed E-state index contributed by atoms with van der Waals surface area (Å²) in [5.41, 5.74) is 3.44. The van der Waals surface area contributed by atoms with Crippen molar-refractivity contribution in [3.8, 4) is 0 Å². The van der Waals surface area contributed by atoms with Crippen LogP contribution in [0.1, 0.15) is 22.8 Å². The second-order valence-electron chi connectivity index (χ2n) is 6.62. The summed E-state index contributed by atoms with van der Waals surface area (Å²) in [4.78, 5) is 9.70. The lowest BCUT2D eigenvalue weighted by atomic mass is 10.1. The van der Waals surface area contributed by atoms with Gasteiger partial charge in [0.2, 0.25) is 15.9 Å². The summed E-state index contributed by atoms with van der Waals surface area (Å²) in [7, 11) is 0.838. The van der Waals surface area contributed by atoms with Crippen molar-refractivity contribution in [2.75, 3.05) is 26.9 Å². The van der Waals surface area contributed by atoms with Gasteiger partial charge in [-0.15, -0.1) is 0 Å². The number of sulfonamides is 1. The number of hydrogen-bond donors (Lipinski definition) is 2. The molecule has 2 aromatic heterocycles. The van der Waals surface area contributed by atoms with Gasteiger partial charge in [0.15, 0.2) is 5.82 Å². The standard InChI is InChI=1S/C17H23N5O3S/c1-22(2)7-6-13-10-18-15-5-4-12(8-14(13)15)9-17-20-16(21-25-17)11-19-26(3,23)24/h4-5,8,10,18-19H,6-7,9,11H2,1-3H3. The lowest BCUT2D eigenvalue weighted by Gasteiger charge is -2.08. The highest BCUT2D eigenvalue weighted by Crippen LogP contribution is 2.22. The Hall–Kier alpha value is -2.23. The van der Waals surface area contributed by atoms with Gasteiger partial charge in [0.1, 0.15) is 0 Å². The molecular formula is C17H23N5O3S. The Morgan fingerprint density at radius 1 is 1.31 bits per heavy atom. The molecule has 0 unspecified atom stereocenters. The molecule has 0 aliphatic carbocycles. The van der Waals surface area contributed by atoms with Gasteiger partial charge in [0, 0.05) is 23.6 Å². The number of nitrogens with one attached hydrogen (secondary N) is 2. The van der Waals surface area contributed by atoms with Crippen LogP contribution in [0.3, 0.4) is 0 Å². The number of aromatic amines is 1. The smallest absolute Gasteiger partial charge is 0.231 e. The highest BCUT2D eigenvalue weighted by atomic mass is 32.2. The Morgan fingerprint density at radius 2 is 2.12 bits per heavy atom. The number of benzene rings is 1. The second kappa shape index (κ2) is 7.56. The van der Waals surface area contributed by atoms with Gasteiger partial charge in [0.25, 0.3) is 0 Å². The Morgan fingerprint density at radius 3 is 2.85 bits per heavy atom. The van der Waals surface area contributed by atoms with Crippen LogP contribution in [0.4, 0.5) is 0 Å². The lowest BCUT2D eigenvalue weighted by Crippen LogP contribution is -2.21. The van der Waals surface area contributed by atoms with E-state index >= 15 is 0 Å². The second-order valence-corrected chi connectivity index (χ2v) is 8.45. The molecule has 140 valence electrons. The van der Waals surface area contributed by atoms with Gasteiger partial charge in [-0.2, -0.15) is 4.98 Å². The zero-order valence-electron chi connectivity index (χ0n) is 15.1. The summed E-state index contributed by atoms with van der Waals surface area (Å²) in [5.74, 6) is 0.778. The molecule has 0 bridgehead atoms. The minimum absolute atomic E-state index is 0.0217. The number of aromatic nitrogens is 3. The monoisotopic (exact) mass is 377 g/mol. The van der Waals surface area contributed by atoms with Gasteiger partial charge in [-0.1, -0.05) is 11.2 Å². The fraction of sp³-hybridized carbons (Fsp3) is 0.412. The highest BCUT2D eigenvalue weighted by molar-refractivity contribution is 7.88. The van der Waals surface area contributed by atoms with E-state index in [2.05, 4.69) is 51.1 Å². The zero-order chi connectivity index (χ0) is 18.7. The van der Waals surface area contributed by atoms with Crippen molar-refractivity contribution >= 4 is 20.9 Å². The van der Waals surface area contributed by atoms with Crippen molar-refractivity contribution in [1.29, 1.82) is 0 Å². The van der Waals surface area contributed by atoms with Crippen molar-refractivity contribution in [1.82, 2.24) is 24.7 Å². The first-order valence-corrected chi connectivity index (χ1v) is 10.2. The van der Waals surface area contributed by atoms with E-state index in [1.54, 1.807) is 0 Å². The molecule has 2 heterocycles. The Labute approximate surface area is 152 Å². The van der Waals surface area contributed by atoms with Gasteiger partial charge < -0.3 is 14.4 Å². The molecule has 0 radical (unpaired) electrons. The molecule has 0 saturated heterocycles. The SMILES string of the molecule is CN(C)CCc1c[nH]c2ccc(Cc3nc(CNS(C)(=O)=O)no3)cc12. The summed E-state index contributed by atoms with van der Waals surface area (Å²) in [6, 6.07) is 6.20. The molecular weight excluding hydrogens is 354 g/mol. The van der Waals surface area contributed by atoms with Gasteiger partial charge in [-0.05, 0) is 43.8 Å². The van der Waals surface area contributed by atoms with Crippen LogP contribution in [0.2, 0.25) is 0 Å². The summed E-state index contributed by atoms with van der Waals surface area (Å²) in [6.07, 6.45) is 4.62. The summed E-state index contributed by atoms with van der Waals surface area (Å²) < 4.78 is 29.8. The molecule has 26 heavy (non-hydrogen) atoms. The van der Waals surface area contributed by atoms with Crippen molar-refractivity contribution in [3.63, 3.8) is 0 Å². The van der Waals surface area contributed by atoms with E-state index in [-0.39, 0.29) is 6.54 Å². The molecule has 0 saturated carbocycles. The molecule has 8 nitrogen and oxygen atoms in total. The molecule has 9 heteroatoms. The molecule has 3 rings (SSSR count). The lowest BCUT2D eigenvalue weighted by molar-refractivity contribution is 0.379. The number of H-pyrrole nitrogens is 1. The summed E-state index contributed by atoms with van der Waals surface area (Å²) >= 11 is 0. The Balaban J connectivity index is 1.72. The number of likely N-dealkylation sites (N-methyl/N-ethyl adjacent to an activating group) is 1. The first-order valence-electron chi connectivity index (χ1n) is 8.30. The van der Waals surface area contributed by atoms with E-state index < -0.39 is 10.0 Å². The van der Waals surface area contributed by atoms with Gasteiger partial charge in [-0.25, -0.2) is 13.1 Å². The topological polar surface area (TPSA) is 104 Å². The van der Waals surface area contributed by atoms with Crippen LogP contribution in [-0.4, -0.2) is 55.3 Å². The van der Waals surface area contributed by atoms with Crippen LogP contribution in [0.25, 0.3) is 10.9 Å². The molecule has 0 atom stereocenters. The maximum absolute atomic E-state index is 11.1. The molecule has 1 aromatic carbocycles. The fourth-order valence-electron chi connectivity index (χ4n) is 2.69. The van der Waals surface area contributed by atoms with E-state index in [9.17, 15) is 8.42 Å². The zero-order valence-corrected chi connectivity index (χ0v) is 15.9. The molecule has 2 N–H and O–H groups in total. The number of nitrogens with zero attached hydrogens (tertiary/aromatic N) is 3. The van der Waals surface area contributed by atoms with Gasteiger partial charge >= 0.3 is 0 Å². The van der Waals surface area contributed by atoms with Crippen molar-refractivity contribution in [3.05, 3.63) is 47.2 Å². The van der Waals surface area contributed by atoms with Crippen LogP contribution in [0.15, 0.2) is 28.9 Å². The van der Waals surface area contributed by atoms with E-state index in [4.69, 9.17) is 4.52 Å². The minimum atomic E-state index is -3.28. The average molecular weight is 377 g/mol. The molecule has 0 spiro atoms. The minimum Gasteiger partial charge on any atom is -0.361 e. The molecule has 0 aliphatic rings. The molecule has 0 fully saturated rings. The normalized spacial score (nSPS) is 12.3. The van der Waals surface area contributed by atoms with Crippen LogP contribution in [0, 0.1) is 0 Å². The van der Waals surface area contributed by atoms with E-state index in [0.29, 0.717) is 18.1 Å². The first-order chi connectivity index (χ1) is 12.3. The fourth-order valence-corrected chi connectivity index (χ4v) is 3.08. The quantitative estimate of drug-likeness (QED) is 0.613. The first kappa shape index (κ1) is 18.6. The Bertz CT molecular complexity index is 991. The Kier molecular flexibility index (Phi) is 5.40. The van der Waals surface area contributed by atoms with Crippen LogP contribution in [-0.2, 0) is 29.4 Å². The summed E-state index contributed by atoms with van der Waals surface area (Å²) in [6.45, 7) is 1.01. The maximum Gasteiger partial charge on any atom is 0.231 e. The van der Waals surface area contributed by atoms with E-state index in [1.807, 2.05) is 12.1 Å². The van der Waals surface area contributed by atoms with Crippen molar-refractivity contribution in [2.45, 2.75) is 19.4 Å². The number of fused-ring (bicyclic) bond motifs is 1. The predicted molar refractivity (Wildman–Crippen MR) is 99.3 cm³/mol. The molecule has 0 aliphatic heterocycles. The third-order valence-electron chi connectivity index (χ3n) is 4.02. The van der Waals surface area contributed by atoms with Crippen molar-refractivity contribution < 1.29 is 12.9 Å². The average Bonchev–Trinajstić information content (AvgIpc) is 3.17. The van der Waals surface area contributed by atoms with Crippen LogP contribution in [0.5, 0.6) is 0 Å².